The van der Waals surface area contributed by atoms with E-state index in [1.165, 1.54) is 11.3 Å². The van der Waals surface area contributed by atoms with Gasteiger partial charge in [-0.2, -0.15) is 18.3 Å². The zero-order valence-electron chi connectivity index (χ0n) is 20.3. The molecule has 0 unspecified atom stereocenters. The molecule has 0 N–H and O–H groups in total. The van der Waals surface area contributed by atoms with E-state index in [9.17, 15) is 18.0 Å². The minimum Gasteiger partial charge on any atom is -0.460 e. The van der Waals surface area contributed by atoms with E-state index in [1.807, 2.05) is 31.4 Å². The first kappa shape index (κ1) is 25.2. The number of ether oxygens (including phenoxy) is 1. The quantitative estimate of drug-likeness (QED) is 0.412. The van der Waals surface area contributed by atoms with Gasteiger partial charge in [0.15, 0.2) is 12.4 Å². The van der Waals surface area contributed by atoms with Crippen molar-refractivity contribution in [1.82, 2.24) is 24.6 Å². The van der Waals surface area contributed by atoms with Crippen molar-refractivity contribution in [3.63, 3.8) is 0 Å². The molecule has 194 valence electrons. The number of alkyl halides is 3. The van der Waals surface area contributed by atoms with Gasteiger partial charge in [-0.05, 0) is 57.3 Å². The summed E-state index contributed by atoms with van der Waals surface area (Å²) in [6.07, 6.45) is 1.56. The van der Waals surface area contributed by atoms with Crippen LogP contribution in [-0.2, 0) is 20.0 Å². The largest absolute Gasteiger partial charge is 0.460 e. The third-order valence-electron chi connectivity index (χ3n) is 7.04. The number of nitrogens with zero attached hydrogens (tertiary/aromatic N) is 5. The normalized spacial score (nSPS) is 18.0. The van der Waals surface area contributed by atoms with Crippen LogP contribution in [-0.4, -0.2) is 75.9 Å². The smallest absolute Gasteiger partial charge is 0.422 e. The van der Waals surface area contributed by atoms with Crippen molar-refractivity contribution < 1.29 is 22.7 Å². The first-order valence-corrected chi connectivity index (χ1v) is 13.1. The summed E-state index contributed by atoms with van der Waals surface area (Å²) in [6, 6.07) is 5.70. The Balaban J connectivity index is 1.06. The molecule has 0 bridgehead atoms. The molecule has 1 fully saturated rings. The highest BCUT2D eigenvalue weighted by Gasteiger charge is 2.30. The molecule has 0 amide bonds. The van der Waals surface area contributed by atoms with Crippen LogP contribution in [0, 0.1) is 5.92 Å². The topological polar surface area (TPSA) is 63.5 Å². The van der Waals surface area contributed by atoms with Crippen molar-refractivity contribution in [3.05, 3.63) is 40.5 Å². The summed E-state index contributed by atoms with van der Waals surface area (Å²) in [7, 11) is 1.86. The Labute approximate surface area is 211 Å². The highest BCUT2D eigenvalue weighted by molar-refractivity contribution is 7.13. The Hall–Kier alpha value is -2.50. The molecule has 11 heteroatoms. The van der Waals surface area contributed by atoms with Crippen LogP contribution in [0.1, 0.15) is 40.2 Å². The molecule has 0 radical (unpaired) electrons. The third kappa shape index (κ3) is 6.07. The van der Waals surface area contributed by atoms with E-state index in [-0.39, 0.29) is 11.0 Å². The molecule has 0 atom stereocenters. The van der Waals surface area contributed by atoms with E-state index in [2.05, 4.69) is 19.9 Å². The molecule has 1 aromatic carbocycles. The fourth-order valence-corrected chi connectivity index (χ4v) is 6.02. The molecule has 3 aromatic rings. The van der Waals surface area contributed by atoms with Crippen LogP contribution in [0.2, 0.25) is 0 Å². The number of fused-ring (bicyclic) bond motifs is 2. The number of thiazole rings is 1. The van der Waals surface area contributed by atoms with Crippen LogP contribution in [0.25, 0.3) is 10.9 Å². The van der Waals surface area contributed by atoms with Crippen LogP contribution >= 0.6 is 11.3 Å². The minimum absolute atomic E-state index is 0.112. The molecular weight excluding hydrogens is 491 g/mol. The lowest BCUT2D eigenvalue weighted by Gasteiger charge is -2.33. The number of Topliss-reactive ketones (excluding diaryl/α,β-unsaturated/α-hetero) is 1. The molecule has 2 aliphatic rings. The van der Waals surface area contributed by atoms with E-state index < -0.39 is 12.8 Å². The number of carbonyl (C=O) groups excluding carboxylic acids is 1. The summed E-state index contributed by atoms with van der Waals surface area (Å²) in [6.45, 7) is 3.45. The number of halogens is 3. The first-order valence-electron chi connectivity index (χ1n) is 12.3. The van der Waals surface area contributed by atoms with Gasteiger partial charge >= 0.3 is 6.18 Å². The first-order chi connectivity index (χ1) is 17.2. The summed E-state index contributed by atoms with van der Waals surface area (Å²) in [5.74, 6) is 0.749. The summed E-state index contributed by atoms with van der Waals surface area (Å²) in [5, 5.41) is 5.42. The molecule has 5 rings (SSSR count). The number of hydrogen-bond acceptors (Lipinski definition) is 7. The van der Waals surface area contributed by atoms with Crippen LogP contribution in [0.5, 0.6) is 5.19 Å². The Kier molecular flexibility index (Phi) is 7.32. The van der Waals surface area contributed by atoms with Crippen LogP contribution in [0.3, 0.4) is 0 Å². The number of benzene rings is 1. The van der Waals surface area contributed by atoms with Crippen LogP contribution in [0.4, 0.5) is 13.2 Å². The summed E-state index contributed by atoms with van der Waals surface area (Å²) in [5.41, 5.74) is 2.43. The van der Waals surface area contributed by atoms with Gasteiger partial charge in [-0.1, -0.05) is 23.5 Å². The summed E-state index contributed by atoms with van der Waals surface area (Å²) in [4.78, 5) is 22.9. The summed E-state index contributed by atoms with van der Waals surface area (Å²) >= 11 is 1.23. The third-order valence-corrected chi connectivity index (χ3v) is 8.11. The standard InChI is InChI=1S/C25H30F3N5O2S/c1-31-13-19-18(3-2-4-20(19)30-31)22(34)15-33-10-6-17(7-11-33)5-9-32-12-8-23-21(14-32)29-24(36-23)35-16-25(26,27)28/h2-4,13,17H,5-12,14-16H2,1H3. The predicted molar refractivity (Wildman–Crippen MR) is 131 cm³/mol. The lowest BCUT2D eigenvalue weighted by Crippen LogP contribution is -2.38. The van der Waals surface area contributed by atoms with Gasteiger partial charge in [0.25, 0.3) is 5.19 Å². The maximum atomic E-state index is 13.0. The Morgan fingerprint density at radius 2 is 2.00 bits per heavy atom. The maximum Gasteiger partial charge on any atom is 0.422 e. The molecule has 0 saturated carbocycles. The fraction of sp³-hybridized carbons (Fsp3) is 0.560. The van der Waals surface area contributed by atoms with Gasteiger partial charge in [0.2, 0.25) is 0 Å². The maximum absolute atomic E-state index is 13.0. The number of carbonyl (C=O) groups is 1. The van der Waals surface area contributed by atoms with Gasteiger partial charge in [0.1, 0.15) is 0 Å². The number of aromatic nitrogens is 3. The molecule has 2 aromatic heterocycles. The molecule has 2 aliphatic heterocycles. The van der Waals surface area contributed by atoms with Gasteiger partial charge < -0.3 is 4.74 Å². The van der Waals surface area contributed by atoms with Gasteiger partial charge in [0.05, 0.1) is 17.8 Å². The highest BCUT2D eigenvalue weighted by atomic mass is 32.1. The molecule has 7 nitrogen and oxygen atoms in total. The monoisotopic (exact) mass is 521 g/mol. The average molecular weight is 522 g/mol. The molecule has 1 saturated heterocycles. The lowest BCUT2D eigenvalue weighted by molar-refractivity contribution is -0.153. The van der Waals surface area contributed by atoms with Crippen molar-refractivity contribution in [2.45, 2.75) is 38.4 Å². The van der Waals surface area contributed by atoms with Crippen molar-refractivity contribution in [3.8, 4) is 5.19 Å². The molecule has 0 spiro atoms. The Bertz CT molecular complexity index is 1220. The number of piperidine rings is 1. The van der Waals surface area contributed by atoms with Crippen molar-refractivity contribution >= 4 is 28.0 Å². The number of likely N-dealkylation sites (tertiary alicyclic amines) is 1. The molecule has 0 aliphatic carbocycles. The van der Waals surface area contributed by atoms with Crippen LogP contribution < -0.4 is 4.74 Å². The second kappa shape index (κ2) is 10.5. The molecule has 36 heavy (non-hydrogen) atoms. The Morgan fingerprint density at radius 1 is 1.19 bits per heavy atom. The lowest BCUT2D eigenvalue weighted by atomic mass is 9.92. The molecular formula is C25H30F3N5O2S. The minimum atomic E-state index is -4.35. The number of ketones is 1. The fourth-order valence-electron chi connectivity index (χ4n) is 5.12. The molecule has 4 heterocycles. The van der Waals surface area contributed by atoms with E-state index in [0.717, 1.165) is 78.9 Å². The number of hydrogen-bond donors (Lipinski definition) is 0. The average Bonchev–Trinajstić information content (AvgIpc) is 3.43. The highest BCUT2D eigenvalue weighted by Crippen LogP contribution is 2.31. The second-order valence-electron chi connectivity index (χ2n) is 9.75. The van der Waals surface area contributed by atoms with E-state index in [0.29, 0.717) is 19.0 Å². The van der Waals surface area contributed by atoms with Gasteiger partial charge in [-0.15, -0.1) is 0 Å². The second-order valence-corrected chi connectivity index (χ2v) is 10.8. The van der Waals surface area contributed by atoms with E-state index >= 15 is 0 Å². The van der Waals surface area contributed by atoms with Crippen molar-refractivity contribution in [1.29, 1.82) is 0 Å². The number of rotatable bonds is 8. The van der Waals surface area contributed by atoms with Crippen molar-refractivity contribution in [2.24, 2.45) is 13.0 Å². The van der Waals surface area contributed by atoms with Gasteiger partial charge in [-0.3, -0.25) is 19.3 Å². The van der Waals surface area contributed by atoms with E-state index in [4.69, 9.17) is 4.74 Å². The van der Waals surface area contributed by atoms with Crippen LogP contribution in [0.15, 0.2) is 24.4 Å². The predicted octanol–water partition coefficient (Wildman–Crippen LogP) is 4.31. The Morgan fingerprint density at radius 3 is 2.78 bits per heavy atom. The van der Waals surface area contributed by atoms with E-state index in [1.54, 1.807) is 4.68 Å². The SMILES string of the molecule is Cn1cc2c(C(=O)CN3CCC(CCN4CCc5sc(OCC(F)(F)F)nc5C4)CC3)cccc2n1. The van der Waals surface area contributed by atoms with Gasteiger partial charge in [-0.25, -0.2) is 4.98 Å². The zero-order chi connectivity index (χ0) is 25.3. The van der Waals surface area contributed by atoms with Crippen molar-refractivity contribution in [2.75, 3.05) is 39.3 Å². The van der Waals surface area contributed by atoms with Gasteiger partial charge in [0, 0.05) is 42.2 Å². The zero-order valence-corrected chi connectivity index (χ0v) is 21.1. The number of aryl methyl sites for hydroxylation is 1. The summed E-state index contributed by atoms with van der Waals surface area (Å²) < 4.78 is 43.8.